The minimum Gasteiger partial charge on any atom is -0.387 e. The molecule has 0 heterocycles. The monoisotopic (exact) mass is 287 g/mol. The lowest BCUT2D eigenvalue weighted by Gasteiger charge is -2.20. The Kier molecular flexibility index (Phi) is 4.91. The van der Waals surface area contributed by atoms with Gasteiger partial charge in [-0.05, 0) is 37.0 Å². The van der Waals surface area contributed by atoms with E-state index in [1.165, 1.54) is 19.3 Å². The predicted octanol–water partition coefficient (Wildman–Crippen LogP) is 3.81. The summed E-state index contributed by atoms with van der Waals surface area (Å²) in [6.07, 6.45) is 3.12. The first-order valence-electron chi connectivity index (χ1n) is 6.44. The molecule has 3 atom stereocenters. The fraction of sp³-hybridized carbons (Fsp3) is 0.571. The molecule has 1 aromatic carbocycles. The Morgan fingerprint density at radius 2 is 2.17 bits per heavy atom. The second-order valence-electron chi connectivity index (χ2n) is 5.10. The van der Waals surface area contributed by atoms with Gasteiger partial charge in [-0.15, -0.1) is 0 Å². The van der Waals surface area contributed by atoms with E-state index in [2.05, 4.69) is 12.2 Å². The molecule has 2 N–H and O–H groups in total. The van der Waals surface area contributed by atoms with E-state index in [0.29, 0.717) is 34.1 Å². The first-order chi connectivity index (χ1) is 8.58. The smallest absolute Gasteiger partial charge is 0.0929 e. The molecule has 100 valence electrons. The molecule has 0 aliphatic heterocycles. The fourth-order valence-electron chi connectivity index (χ4n) is 2.59. The van der Waals surface area contributed by atoms with Crippen LogP contribution < -0.4 is 5.32 Å². The lowest BCUT2D eigenvalue weighted by Crippen LogP contribution is -2.34. The number of hydrogen-bond acceptors (Lipinski definition) is 2. The van der Waals surface area contributed by atoms with Crippen LogP contribution in [0.4, 0.5) is 0 Å². The molecule has 18 heavy (non-hydrogen) atoms. The molecule has 0 spiro atoms. The number of hydrogen-bond donors (Lipinski definition) is 2. The number of rotatable bonds is 4. The average molecular weight is 288 g/mol. The van der Waals surface area contributed by atoms with Crippen LogP contribution in [-0.2, 0) is 0 Å². The van der Waals surface area contributed by atoms with Gasteiger partial charge in [-0.2, -0.15) is 0 Å². The summed E-state index contributed by atoms with van der Waals surface area (Å²) in [6, 6.07) is 5.69. The molecule has 0 amide bonds. The van der Waals surface area contributed by atoms with Crippen LogP contribution in [-0.4, -0.2) is 17.7 Å². The third-order valence-electron chi connectivity index (χ3n) is 3.75. The summed E-state index contributed by atoms with van der Waals surface area (Å²) < 4.78 is 0. The summed E-state index contributed by atoms with van der Waals surface area (Å²) in [5.41, 5.74) is 0.697. The van der Waals surface area contributed by atoms with E-state index in [1.807, 2.05) is 0 Å². The molecule has 0 bridgehead atoms. The Labute approximate surface area is 118 Å². The van der Waals surface area contributed by atoms with E-state index >= 15 is 0 Å². The van der Waals surface area contributed by atoms with Crippen LogP contribution in [0.5, 0.6) is 0 Å². The van der Waals surface area contributed by atoms with Gasteiger partial charge in [0, 0.05) is 28.2 Å². The van der Waals surface area contributed by atoms with Crippen molar-refractivity contribution < 1.29 is 5.11 Å². The second kappa shape index (κ2) is 6.25. The SMILES string of the molecule is CC1CCCC1NCC(O)c1cc(Cl)ccc1Cl. The van der Waals surface area contributed by atoms with Crippen LogP contribution in [0.25, 0.3) is 0 Å². The van der Waals surface area contributed by atoms with Crippen molar-refractivity contribution in [2.75, 3.05) is 6.54 Å². The average Bonchev–Trinajstić information content (AvgIpc) is 2.75. The zero-order valence-corrected chi connectivity index (χ0v) is 12.0. The summed E-state index contributed by atoms with van der Waals surface area (Å²) >= 11 is 12.0. The summed E-state index contributed by atoms with van der Waals surface area (Å²) in [5, 5.41) is 14.8. The molecular weight excluding hydrogens is 269 g/mol. The van der Waals surface area contributed by atoms with Crippen LogP contribution in [0.3, 0.4) is 0 Å². The lowest BCUT2D eigenvalue weighted by atomic mass is 10.1. The zero-order valence-electron chi connectivity index (χ0n) is 10.5. The van der Waals surface area contributed by atoms with Gasteiger partial charge in [0.1, 0.15) is 0 Å². The van der Waals surface area contributed by atoms with Crippen molar-refractivity contribution in [3.8, 4) is 0 Å². The number of halogens is 2. The molecule has 1 aliphatic carbocycles. The van der Waals surface area contributed by atoms with Crippen molar-refractivity contribution in [3.63, 3.8) is 0 Å². The zero-order chi connectivity index (χ0) is 13.1. The summed E-state index contributed by atoms with van der Waals surface area (Å²) in [6.45, 7) is 2.78. The topological polar surface area (TPSA) is 32.3 Å². The number of aliphatic hydroxyl groups excluding tert-OH is 1. The maximum Gasteiger partial charge on any atom is 0.0929 e. The van der Waals surface area contributed by atoms with Crippen LogP contribution >= 0.6 is 23.2 Å². The highest BCUT2D eigenvalue weighted by molar-refractivity contribution is 6.33. The Hall–Kier alpha value is -0.280. The van der Waals surface area contributed by atoms with E-state index in [0.717, 1.165) is 0 Å². The molecule has 1 fully saturated rings. The molecule has 1 saturated carbocycles. The van der Waals surface area contributed by atoms with E-state index in [4.69, 9.17) is 23.2 Å². The highest BCUT2D eigenvalue weighted by Crippen LogP contribution is 2.28. The Balaban J connectivity index is 1.94. The van der Waals surface area contributed by atoms with Gasteiger partial charge >= 0.3 is 0 Å². The summed E-state index contributed by atoms with van der Waals surface area (Å²) in [5.74, 6) is 0.687. The van der Waals surface area contributed by atoms with Gasteiger partial charge in [-0.3, -0.25) is 0 Å². The minimum absolute atomic E-state index is 0.512. The van der Waals surface area contributed by atoms with Gasteiger partial charge in [-0.1, -0.05) is 36.5 Å². The standard InChI is InChI=1S/C14H19Cl2NO/c1-9-3-2-4-13(9)17-8-14(18)11-7-10(15)5-6-12(11)16/h5-7,9,13-14,17-18H,2-4,8H2,1H3. The van der Waals surface area contributed by atoms with E-state index < -0.39 is 6.10 Å². The van der Waals surface area contributed by atoms with Gasteiger partial charge < -0.3 is 10.4 Å². The van der Waals surface area contributed by atoms with E-state index in [9.17, 15) is 5.11 Å². The quantitative estimate of drug-likeness (QED) is 0.883. The lowest BCUT2D eigenvalue weighted by molar-refractivity contribution is 0.167. The summed E-state index contributed by atoms with van der Waals surface area (Å²) in [7, 11) is 0. The fourth-order valence-corrected chi connectivity index (χ4v) is 3.02. The third-order valence-corrected chi connectivity index (χ3v) is 4.33. The Bertz CT molecular complexity index is 411. The highest BCUT2D eigenvalue weighted by Gasteiger charge is 2.23. The van der Waals surface area contributed by atoms with Crippen LogP contribution in [0, 0.1) is 5.92 Å². The highest BCUT2D eigenvalue weighted by atomic mass is 35.5. The van der Waals surface area contributed by atoms with Crippen LogP contribution in [0.2, 0.25) is 10.0 Å². The molecule has 1 aliphatic rings. The van der Waals surface area contributed by atoms with Crippen molar-refractivity contribution in [2.24, 2.45) is 5.92 Å². The van der Waals surface area contributed by atoms with Gasteiger partial charge in [0.25, 0.3) is 0 Å². The van der Waals surface area contributed by atoms with Crippen molar-refractivity contribution in [2.45, 2.75) is 38.3 Å². The minimum atomic E-state index is -0.607. The van der Waals surface area contributed by atoms with Crippen molar-refractivity contribution in [1.29, 1.82) is 0 Å². The number of benzene rings is 1. The summed E-state index contributed by atoms with van der Waals surface area (Å²) in [4.78, 5) is 0. The number of aliphatic hydroxyl groups is 1. The molecular formula is C14H19Cl2NO. The largest absolute Gasteiger partial charge is 0.387 e. The van der Waals surface area contributed by atoms with Gasteiger partial charge in [-0.25, -0.2) is 0 Å². The molecule has 2 rings (SSSR count). The normalized spacial score (nSPS) is 25.3. The van der Waals surface area contributed by atoms with Crippen LogP contribution in [0.15, 0.2) is 18.2 Å². The van der Waals surface area contributed by atoms with Crippen molar-refractivity contribution >= 4 is 23.2 Å². The molecule has 4 heteroatoms. The molecule has 0 radical (unpaired) electrons. The van der Waals surface area contributed by atoms with Crippen LogP contribution in [0.1, 0.15) is 37.9 Å². The van der Waals surface area contributed by atoms with Crippen molar-refractivity contribution in [3.05, 3.63) is 33.8 Å². The van der Waals surface area contributed by atoms with Gasteiger partial charge in [0.2, 0.25) is 0 Å². The van der Waals surface area contributed by atoms with E-state index in [-0.39, 0.29) is 0 Å². The van der Waals surface area contributed by atoms with Gasteiger partial charge in [0.05, 0.1) is 6.10 Å². The molecule has 1 aromatic rings. The Morgan fingerprint density at radius 3 is 2.83 bits per heavy atom. The molecule has 3 unspecified atom stereocenters. The number of nitrogens with one attached hydrogen (secondary N) is 1. The third kappa shape index (κ3) is 3.39. The molecule has 0 aromatic heterocycles. The first kappa shape index (κ1) is 14.1. The maximum absolute atomic E-state index is 10.2. The molecule has 0 saturated heterocycles. The Morgan fingerprint density at radius 1 is 1.39 bits per heavy atom. The van der Waals surface area contributed by atoms with Crippen molar-refractivity contribution in [1.82, 2.24) is 5.32 Å². The van der Waals surface area contributed by atoms with Gasteiger partial charge in [0.15, 0.2) is 0 Å². The van der Waals surface area contributed by atoms with E-state index in [1.54, 1.807) is 18.2 Å². The first-order valence-corrected chi connectivity index (χ1v) is 7.20. The molecule has 2 nitrogen and oxygen atoms in total. The second-order valence-corrected chi connectivity index (χ2v) is 5.95. The maximum atomic E-state index is 10.2. The predicted molar refractivity (Wildman–Crippen MR) is 76.2 cm³/mol.